The fourth-order valence-corrected chi connectivity index (χ4v) is 6.45. The number of aldehydes is 1. The number of carbonyl (C=O) groups is 1. The number of nitrogen functional groups attached to an aromatic ring is 1. The number of benzene rings is 2. The van der Waals surface area contributed by atoms with Crippen molar-refractivity contribution >= 4 is 45.1 Å². The van der Waals surface area contributed by atoms with Gasteiger partial charge in [0.25, 0.3) is 0 Å². The van der Waals surface area contributed by atoms with Crippen molar-refractivity contribution in [1.82, 2.24) is 0 Å². The lowest BCUT2D eigenvalue weighted by Crippen LogP contribution is -2.08. The lowest BCUT2D eigenvalue weighted by Gasteiger charge is -2.08. The molecule has 0 atom stereocenters. The van der Waals surface area contributed by atoms with Crippen LogP contribution in [0.1, 0.15) is 15.2 Å². The Labute approximate surface area is 165 Å². The molecule has 3 rings (SSSR count). The van der Waals surface area contributed by atoms with E-state index in [1.807, 2.05) is 6.07 Å². The highest BCUT2D eigenvalue weighted by molar-refractivity contribution is 8.01. The van der Waals surface area contributed by atoms with Crippen molar-refractivity contribution in [1.29, 1.82) is 5.41 Å². The van der Waals surface area contributed by atoms with Gasteiger partial charge in [-0.3, -0.25) is 10.2 Å². The maximum atomic E-state index is 13.2. The summed E-state index contributed by atoms with van der Waals surface area (Å²) in [5.41, 5.74) is 7.63. The molecule has 8 heteroatoms. The second-order valence-corrected chi connectivity index (χ2v) is 9.70. The molecule has 0 aliphatic heterocycles. The predicted molar refractivity (Wildman–Crippen MR) is 110 cm³/mol. The monoisotopic (exact) mass is 416 g/mol. The first kappa shape index (κ1) is 19.3. The molecular weight excluding hydrogens is 400 g/mol. The standard InChI is InChI=1S/C19H16N2O3S3/c1-25-19-17(10-16(26-19)18(20)21)27(23,24)15-4-2-3-14(9-15)13-7-5-12(11-22)6-8-13/h2-11H,1H3,(H3,20,21). The highest BCUT2D eigenvalue weighted by Gasteiger charge is 2.25. The van der Waals surface area contributed by atoms with Gasteiger partial charge in [-0.15, -0.1) is 23.1 Å². The van der Waals surface area contributed by atoms with Crippen LogP contribution >= 0.6 is 23.1 Å². The lowest BCUT2D eigenvalue weighted by molar-refractivity contribution is 0.112. The molecule has 0 amide bonds. The van der Waals surface area contributed by atoms with Gasteiger partial charge in [0.2, 0.25) is 9.84 Å². The first-order valence-electron chi connectivity index (χ1n) is 7.80. The van der Waals surface area contributed by atoms with Crippen molar-refractivity contribution < 1.29 is 13.2 Å². The molecule has 2 aromatic carbocycles. The Morgan fingerprint density at radius 2 is 1.81 bits per heavy atom. The SMILES string of the molecule is CSc1sc(C(=N)N)cc1S(=O)(=O)c1cccc(-c2ccc(C=O)cc2)c1. The first-order chi connectivity index (χ1) is 12.9. The van der Waals surface area contributed by atoms with Crippen molar-refractivity contribution in [2.45, 2.75) is 14.0 Å². The van der Waals surface area contributed by atoms with Gasteiger partial charge in [-0.25, -0.2) is 8.42 Å². The van der Waals surface area contributed by atoms with E-state index >= 15 is 0 Å². The quantitative estimate of drug-likeness (QED) is 0.273. The van der Waals surface area contributed by atoms with Crippen molar-refractivity contribution in [2.75, 3.05) is 6.26 Å². The number of amidine groups is 1. The van der Waals surface area contributed by atoms with Gasteiger partial charge < -0.3 is 5.73 Å². The smallest absolute Gasteiger partial charge is 0.208 e. The molecule has 0 bridgehead atoms. The maximum absolute atomic E-state index is 13.2. The molecule has 0 saturated carbocycles. The molecule has 3 aromatic rings. The minimum atomic E-state index is -3.76. The Kier molecular flexibility index (Phi) is 5.50. The van der Waals surface area contributed by atoms with Crippen LogP contribution in [0.2, 0.25) is 0 Å². The molecule has 1 heterocycles. The summed E-state index contributed by atoms with van der Waals surface area (Å²) in [6.07, 6.45) is 2.55. The lowest BCUT2D eigenvalue weighted by atomic mass is 10.0. The number of hydrogen-bond acceptors (Lipinski definition) is 6. The number of sulfone groups is 1. The molecule has 0 saturated heterocycles. The van der Waals surface area contributed by atoms with Crippen LogP contribution in [0.3, 0.4) is 0 Å². The Hall–Kier alpha value is -2.42. The van der Waals surface area contributed by atoms with Gasteiger partial charge in [0, 0.05) is 5.56 Å². The van der Waals surface area contributed by atoms with Gasteiger partial charge in [-0.2, -0.15) is 0 Å². The topological polar surface area (TPSA) is 101 Å². The van der Waals surface area contributed by atoms with Crippen LogP contribution in [0.25, 0.3) is 11.1 Å². The van der Waals surface area contributed by atoms with Gasteiger partial charge in [0.15, 0.2) is 0 Å². The highest BCUT2D eigenvalue weighted by Crippen LogP contribution is 2.37. The second-order valence-electron chi connectivity index (χ2n) is 5.65. The van der Waals surface area contributed by atoms with Gasteiger partial charge in [-0.1, -0.05) is 36.4 Å². The number of thioether (sulfide) groups is 1. The molecule has 27 heavy (non-hydrogen) atoms. The third-order valence-electron chi connectivity index (χ3n) is 3.93. The van der Waals surface area contributed by atoms with E-state index in [4.69, 9.17) is 11.1 Å². The maximum Gasteiger partial charge on any atom is 0.208 e. The van der Waals surface area contributed by atoms with E-state index in [0.29, 0.717) is 14.6 Å². The molecule has 0 unspecified atom stereocenters. The zero-order valence-electron chi connectivity index (χ0n) is 14.3. The Morgan fingerprint density at radius 1 is 1.11 bits per heavy atom. The summed E-state index contributed by atoms with van der Waals surface area (Å²) in [6.45, 7) is 0. The van der Waals surface area contributed by atoms with Crippen LogP contribution in [0.5, 0.6) is 0 Å². The summed E-state index contributed by atoms with van der Waals surface area (Å²) in [6, 6.07) is 15.1. The van der Waals surface area contributed by atoms with Crippen LogP contribution < -0.4 is 5.73 Å². The minimum absolute atomic E-state index is 0.152. The molecule has 0 spiro atoms. The van der Waals surface area contributed by atoms with E-state index in [9.17, 15) is 13.2 Å². The summed E-state index contributed by atoms with van der Waals surface area (Å²) < 4.78 is 26.9. The van der Waals surface area contributed by atoms with Crippen LogP contribution in [0, 0.1) is 5.41 Å². The summed E-state index contributed by atoms with van der Waals surface area (Å²) in [4.78, 5) is 11.6. The Balaban J connectivity index is 2.08. The van der Waals surface area contributed by atoms with Crippen LogP contribution in [0.15, 0.2) is 68.6 Å². The van der Waals surface area contributed by atoms with E-state index in [2.05, 4.69) is 0 Å². The Morgan fingerprint density at radius 3 is 2.41 bits per heavy atom. The van der Waals surface area contributed by atoms with E-state index in [-0.39, 0.29) is 15.6 Å². The largest absolute Gasteiger partial charge is 0.383 e. The molecule has 5 nitrogen and oxygen atoms in total. The number of nitrogens with one attached hydrogen (secondary N) is 1. The number of carbonyl (C=O) groups excluding carboxylic acids is 1. The average Bonchev–Trinajstić information content (AvgIpc) is 3.14. The zero-order chi connectivity index (χ0) is 19.6. The number of hydrogen-bond donors (Lipinski definition) is 2. The van der Waals surface area contributed by atoms with Gasteiger partial charge >= 0.3 is 0 Å². The Bertz CT molecular complexity index is 1120. The molecule has 0 aliphatic carbocycles. The van der Waals surface area contributed by atoms with Crippen LogP contribution in [0.4, 0.5) is 0 Å². The van der Waals surface area contributed by atoms with Gasteiger partial charge in [0.1, 0.15) is 12.1 Å². The third-order valence-corrected chi connectivity index (χ3v) is 8.27. The fraction of sp³-hybridized carbons (Fsp3) is 0.0526. The highest BCUT2D eigenvalue weighted by atomic mass is 32.2. The first-order valence-corrected chi connectivity index (χ1v) is 11.3. The van der Waals surface area contributed by atoms with Crippen LogP contribution in [-0.4, -0.2) is 26.8 Å². The van der Waals surface area contributed by atoms with Gasteiger partial charge in [-0.05, 0) is 35.6 Å². The van der Waals surface area contributed by atoms with E-state index in [0.717, 1.165) is 17.4 Å². The third kappa shape index (κ3) is 3.83. The minimum Gasteiger partial charge on any atom is -0.383 e. The second kappa shape index (κ2) is 7.67. The predicted octanol–water partition coefficient (Wildman–Crippen LogP) is 4.07. The van der Waals surface area contributed by atoms with Crippen molar-refractivity contribution in [2.24, 2.45) is 5.73 Å². The number of thiophene rings is 1. The molecule has 0 aliphatic rings. The van der Waals surface area contributed by atoms with Crippen molar-refractivity contribution in [3.63, 3.8) is 0 Å². The normalized spacial score (nSPS) is 11.3. The summed E-state index contributed by atoms with van der Waals surface area (Å²) >= 11 is 2.51. The molecule has 1 aromatic heterocycles. The molecule has 0 fully saturated rings. The van der Waals surface area contributed by atoms with E-state index < -0.39 is 9.84 Å². The van der Waals surface area contributed by atoms with E-state index in [1.165, 1.54) is 29.2 Å². The zero-order valence-corrected chi connectivity index (χ0v) is 16.7. The van der Waals surface area contributed by atoms with E-state index in [1.54, 1.807) is 48.7 Å². The fourth-order valence-electron chi connectivity index (χ4n) is 2.54. The van der Waals surface area contributed by atoms with Crippen molar-refractivity contribution in [3.05, 3.63) is 65.0 Å². The summed E-state index contributed by atoms with van der Waals surface area (Å²) in [5, 5.41) is 7.57. The summed E-state index contributed by atoms with van der Waals surface area (Å²) in [7, 11) is -3.76. The molecule has 0 radical (unpaired) electrons. The molecule has 138 valence electrons. The number of rotatable bonds is 6. The van der Waals surface area contributed by atoms with Crippen molar-refractivity contribution in [3.8, 4) is 11.1 Å². The molecular formula is C19H16N2O3S3. The van der Waals surface area contributed by atoms with Crippen LogP contribution in [-0.2, 0) is 9.84 Å². The summed E-state index contributed by atoms with van der Waals surface area (Å²) in [5.74, 6) is -0.152. The average molecular weight is 417 g/mol. The number of nitrogens with two attached hydrogens (primary N) is 1. The van der Waals surface area contributed by atoms with Gasteiger partial charge in [0.05, 0.1) is 18.9 Å². The molecule has 3 N–H and O–H groups in total.